The van der Waals surface area contributed by atoms with Gasteiger partial charge in [0.2, 0.25) is 5.91 Å². The number of amides is 3. The van der Waals surface area contributed by atoms with Crippen LogP contribution < -0.4 is 5.32 Å². The van der Waals surface area contributed by atoms with Gasteiger partial charge in [-0.05, 0) is 57.4 Å². The Morgan fingerprint density at radius 2 is 1.64 bits per heavy atom. The van der Waals surface area contributed by atoms with Gasteiger partial charge in [-0.15, -0.1) is 0 Å². The lowest BCUT2D eigenvalue weighted by molar-refractivity contribution is -0.155. The first-order valence-electron chi connectivity index (χ1n) is 12.9. The van der Waals surface area contributed by atoms with Gasteiger partial charge in [-0.25, -0.2) is 9.78 Å². The molecular weight excluding hydrogens is 524 g/mol. The molecule has 1 N–H and O–H groups in total. The topological polar surface area (TPSA) is 118 Å². The lowest BCUT2D eigenvalue weighted by Gasteiger charge is -2.36. The summed E-state index contributed by atoms with van der Waals surface area (Å²) in [4.78, 5) is 58.5. The number of carbonyl (C=O) groups excluding carboxylic acids is 4. The molecule has 0 spiro atoms. The molecule has 10 nitrogen and oxygen atoms in total. The highest BCUT2D eigenvalue weighted by Crippen LogP contribution is 2.23. The number of nitrogens with one attached hydrogen (secondary N) is 1. The van der Waals surface area contributed by atoms with E-state index in [2.05, 4.69) is 10.3 Å². The molecular formula is C28H35ClN4O6. The molecule has 3 amide bonds. The van der Waals surface area contributed by atoms with E-state index in [4.69, 9.17) is 21.1 Å². The number of benzene rings is 1. The van der Waals surface area contributed by atoms with Crippen molar-refractivity contribution >= 4 is 35.5 Å². The molecule has 0 bridgehead atoms. The predicted octanol–water partition coefficient (Wildman–Crippen LogP) is 3.92. The second-order valence-electron chi connectivity index (χ2n) is 10.1. The van der Waals surface area contributed by atoms with Crippen molar-refractivity contribution in [3.05, 3.63) is 53.3 Å². The third kappa shape index (κ3) is 8.95. The largest absolute Gasteiger partial charge is 0.460 e. The van der Waals surface area contributed by atoms with E-state index in [1.54, 1.807) is 44.7 Å². The van der Waals surface area contributed by atoms with Gasteiger partial charge < -0.3 is 24.6 Å². The van der Waals surface area contributed by atoms with Gasteiger partial charge in [0, 0.05) is 32.6 Å². The fraction of sp³-hybridized carbons (Fsp3) is 0.464. The second kappa shape index (κ2) is 13.4. The Labute approximate surface area is 233 Å². The summed E-state index contributed by atoms with van der Waals surface area (Å²) in [5.41, 5.74) is 0.922. The Balaban J connectivity index is 1.76. The fourth-order valence-corrected chi connectivity index (χ4v) is 4.31. The van der Waals surface area contributed by atoms with Crippen LogP contribution in [0.25, 0.3) is 11.1 Å². The van der Waals surface area contributed by atoms with Crippen LogP contribution in [-0.4, -0.2) is 83.1 Å². The van der Waals surface area contributed by atoms with E-state index in [0.717, 1.165) is 5.56 Å². The minimum atomic E-state index is -1.01. The van der Waals surface area contributed by atoms with Crippen LogP contribution in [0.3, 0.4) is 0 Å². The number of rotatable bonds is 8. The standard InChI is InChI=1S/C28H35ClN4O6/c1-5-38-27(37)33-15-13-32(14-16-33)26(36)21(11-12-24(34)39-28(2,3)4)31-25(35)22-17-20(18-23(29)30-22)19-9-7-6-8-10-19/h6-10,17-18,21H,5,11-16H2,1-4H3,(H,31,35)/t21-/m0/s1. The maximum atomic E-state index is 13.5. The summed E-state index contributed by atoms with van der Waals surface area (Å²) in [5.74, 6) is -1.43. The first-order valence-corrected chi connectivity index (χ1v) is 13.3. The molecule has 0 unspecified atom stereocenters. The van der Waals surface area contributed by atoms with E-state index in [1.165, 1.54) is 4.90 Å². The second-order valence-corrected chi connectivity index (χ2v) is 10.5. The molecule has 1 aliphatic heterocycles. The third-order valence-corrected chi connectivity index (χ3v) is 6.11. The van der Waals surface area contributed by atoms with Crippen LogP contribution in [0.15, 0.2) is 42.5 Å². The highest BCUT2D eigenvalue weighted by Gasteiger charge is 2.31. The Hall–Kier alpha value is -3.66. The molecule has 1 saturated heterocycles. The van der Waals surface area contributed by atoms with Crippen molar-refractivity contribution in [3.8, 4) is 11.1 Å². The number of pyridine rings is 1. The van der Waals surface area contributed by atoms with Crippen molar-refractivity contribution < 1.29 is 28.7 Å². The summed E-state index contributed by atoms with van der Waals surface area (Å²) < 4.78 is 10.4. The molecule has 0 aliphatic carbocycles. The van der Waals surface area contributed by atoms with Gasteiger partial charge in [-0.1, -0.05) is 41.9 Å². The molecule has 210 valence electrons. The van der Waals surface area contributed by atoms with Gasteiger partial charge in [-0.2, -0.15) is 0 Å². The van der Waals surface area contributed by atoms with E-state index in [0.29, 0.717) is 18.7 Å². The number of ether oxygens (including phenoxy) is 2. The Bertz CT molecular complexity index is 1180. The number of halogens is 1. The van der Waals surface area contributed by atoms with Crippen molar-refractivity contribution in [2.75, 3.05) is 32.8 Å². The van der Waals surface area contributed by atoms with Crippen molar-refractivity contribution in [1.29, 1.82) is 0 Å². The van der Waals surface area contributed by atoms with Crippen LogP contribution >= 0.6 is 11.6 Å². The molecule has 1 aliphatic rings. The molecule has 11 heteroatoms. The zero-order chi connectivity index (χ0) is 28.6. The number of hydrogen-bond acceptors (Lipinski definition) is 7. The van der Waals surface area contributed by atoms with E-state index < -0.39 is 29.6 Å². The smallest absolute Gasteiger partial charge is 0.409 e. The minimum Gasteiger partial charge on any atom is -0.460 e. The van der Waals surface area contributed by atoms with E-state index >= 15 is 0 Å². The molecule has 1 atom stereocenters. The maximum absolute atomic E-state index is 13.5. The van der Waals surface area contributed by atoms with Crippen LogP contribution in [0.1, 0.15) is 51.0 Å². The average Bonchev–Trinajstić information content (AvgIpc) is 2.90. The van der Waals surface area contributed by atoms with Crippen molar-refractivity contribution in [2.24, 2.45) is 0 Å². The summed E-state index contributed by atoms with van der Waals surface area (Å²) in [5, 5.41) is 2.88. The van der Waals surface area contributed by atoms with E-state index in [1.807, 2.05) is 30.3 Å². The van der Waals surface area contributed by atoms with Crippen LogP contribution in [0.4, 0.5) is 4.79 Å². The molecule has 3 rings (SSSR count). The number of hydrogen-bond donors (Lipinski definition) is 1. The Kier molecular flexibility index (Phi) is 10.3. The van der Waals surface area contributed by atoms with Crippen LogP contribution in [0, 0.1) is 0 Å². The number of piperazine rings is 1. The van der Waals surface area contributed by atoms with Gasteiger partial charge >= 0.3 is 12.1 Å². The van der Waals surface area contributed by atoms with Gasteiger partial charge in [0.25, 0.3) is 5.91 Å². The molecule has 1 aromatic carbocycles. The molecule has 0 radical (unpaired) electrons. The van der Waals surface area contributed by atoms with Gasteiger partial charge in [0.05, 0.1) is 6.61 Å². The third-order valence-electron chi connectivity index (χ3n) is 5.91. The molecule has 2 heterocycles. The zero-order valence-electron chi connectivity index (χ0n) is 22.7. The van der Waals surface area contributed by atoms with Crippen LogP contribution in [0.5, 0.6) is 0 Å². The highest BCUT2D eigenvalue weighted by molar-refractivity contribution is 6.29. The lowest BCUT2D eigenvalue weighted by Crippen LogP contribution is -2.56. The first-order chi connectivity index (χ1) is 18.5. The quantitative estimate of drug-likeness (QED) is 0.385. The van der Waals surface area contributed by atoms with E-state index in [9.17, 15) is 19.2 Å². The number of aromatic nitrogens is 1. The van der Waals surface area contributed by atoms with Crippen molar-refractivity contribution in [2.45, 2.75) is 52.2 Å². The van der Waals surface area contributed by atoms with Gasteiger partial charge in [0.15, 0.2) is 0 Å². The van der Waals surface area contributed by atoms with Gasteiger partial charge in [-0.3, -0.25) is 14.4 Å². The normalized spacial score (nSPS) is 14.4. The first kappa shape index (κ1) is 29.9. The summed E-state index contributed by atoms with van der Waals surface area (Å²) in [6, 6.07) is 11.6. The maximum Gasteiger partial charge on any atom is 0.409 e. The highest BCUT2D eigenvalue weighted by atomic mass is 35.5. The fourth-order valence-electron chi connectivity index (χ4n) is 4.10. The Morgan fingerprint density at radius 1 is 1.00 bits per heavy atom. The predicted molar refractivity (Wildman–Crippen MR) is 146 cm³/mol. The molecule has 1 aromatic heterocycles. The SMILES string of the molecule is CCOC(=O)N1CCN(C(=O)[C@H](CCC(=O)OC(C)(C)C)NC(=O)c2cc(-c3ccccc3)cc(Cl)n2)CC1. The van der Waals surface area contributed by atoms with Crippen LogP contribution in [0.2, 0.25) is 5.15 Å². The summed E-state index contributed by atoms with van der Waals surface area (Å²) >= 11 is 6.22. The van der Waals surface area contributed by atoms with E-state index in [-0.39, 0.29) is 49.3 Å². The Morgan fingerprint density at radius 3 is 2.26 bits per heavy atom. The zero-order valence-corrected chi connectivity index (χ0v) is 23.5. The van der Waals surface area contributed by atoms with Crippen molar-refractivity contribution in [3.63, 3.8) is 0 Å². The molecule has 0 saturated carbocycles. The van der Waals surface area contributed by atoms with Gasteiger partial charge in [0.1, 0.15) is 22.5 Å². The average molecular weight is 559 g/mol. The summed E-state index contributed by atoms with van der Waals surface area (Å²) in [7, 11) is 0. The number of nitrogens with zero attached hydrogens (tertiary/aromatic N) is 3. The van der Waals surface area contributed by atoms with Crippen molar-refractivity contribution in [1.82, 2.24) is 20.1 Å². The molecule has 1 fully saturated rings. The number of esters is 1. The van der Waals surface area contributed by atoms with Crippen LogP contribution in [-0.2, 0) is 19.1 Å². The lowest BCUT2D eigenvalue weighted by atomic mass is 10.1. The summed E-state index contributed by atoms with van der Waals surface area (Å²) in [6.07, 6.45) is -0.473. The molecule has 39 heavy (non-hydrogen) atoms. The summed E-state index contributed by atoms with van der Waals surface area (Å²) in [6.45, 7) is 8.40. The minimum absolute atomic E-state index is 0.0314. The monoisotopic (exact) mass is 558 g/mol. The molecule has 2 aromatic rings. The number of carbonyl (C=O) groups is 4.